The highest BCUT2D eigenvalue weighted by Gasteiger charge is 2.23. The van der Waals surface area contributed by atoms with E-state index in [4.69, 9.17) is 4.98 Å². The summed E-state index contributed by atoms with van der Waals surface area (Å²) in [6.07, 6.45) is 0. The van der Waals surface area contributed by atoms with E-state index < -0.39 is 17.2 Å². The van der Waals surface area contributed by atoms with Gasteiger partial charge in [-0.1, -0.05) is 72.4 Å². The van der Waals surface area contributed by atoms with Crippen molar-refractivity contribution in [2.24, 2.45) is 0 Å². The van der Waals surface area contributed by atoms with Gasteiger partial charge < -0.3 is 5.32 Å². The fraction of sp³-hybridized carbons (Fsp3) is 0.200. The molecule has 4 rings (SSSR count). The highest BCUT2D eigenvalue weighted by atomic mass is 32.2. The molecule has 9 heteroatoms. The van der Waals surface area contributed by atoms with Gasteiger partial charge in [0.2, 0.25) is 5.91 Å². The molecule has 0 bridgehead atoms. The summed E-state index contributed by atoms with van der Waals surface area (Å²) in [7, 11) is 0. The number of hydrogen-bond acceptors (Lipinski definition) is 6. The quantitative estimate of drug-likeness (QED) is 0.293. The van der Waals surface area contributed by atoms with Crippen LogP contribution >= 0.6 is 23.1 Å². The molecule has 0 spiro atoms. The van der Waals surface area contributed by atoms with Crippen molar-refractivity contribution in [2.75, 3.05) is 6.54 Å². The van der Waals surface area contributed by atoms with Crippen LogP contribution in [-0.2, 0) is 11.3 Å². The number of nitrogens with zero attached hydrogens (tertiary/aromatic N) is 2. The highest BCUT2D eigenvalue weighted by Crippen LogP contribution is 2.33. The van der Waals surface area contributed by atoms with Crippen molar-refractivity contribution in [3.8, 4) is 11.1 Å². The van der Waals surface area contributed by atoms with Crippen molar-refractivity contribution >= 4 is 45.3 Å². The van der Waals surface area contributed by atoms with E-state index in [0.29, 0.717) is 28.5 Å². The smallest absolute Gasteiger partial charge is 0.321 e. The molecule has 2 heterocycles. The van der Waals surface area contributed by atoms with Crippen LogP contribution in [0.25, 0.3) is 21.3 Å². The van der Waals surface area contributed by atoms with Gasteiger partial charge in [0.1, 0.15) is 4.83 Å². The first-order valence-corrected chi connectivity index (χ1v) is 12.6. The second-order valence-corrected chi connectivity index (χ2v) is 9.74. The third-order valence-electron chi connectivity index (χ3n) is 5.15. The number of aromatic nitrogens is 2. The monoisotopic (exact) mass is 492 g/mol. The second-order valence-electron chi connectivity index (χ2n) is 7.58. The standard InChI is InChI=1S/C25H24N4O3S2/c1-3-26-24(32)27-21(30)16(2)34-25-28-22-20(19(15-33-22)18-12-8-5-9-13-18)23(31)29(25)14-17-10-6-4-7-11-17/h4-13,15-16H,3,14H2,1-2H3,(H2,26,27,30,32)/t16-/m1/s1. The number of rotatable bonds is 7. The average molecular weight is 493 g/mol. The van der Waals surface area contributed by atoms with Gasteiger partial charge in [-0.2, -0.15) is 0 Å². The van der Waals surface area contributed by atoms with Gasteiger partial charge in [-0.15, -0.1) is 11.3 Å². The Morgan fingerprint density at radius 3 is 2.44 bits per heavy atom. The zero-order valence-electron chi connectivity index (χ0n) is 18.8. The van der Waals surface area contributed by atoms with Crippen LogP contribution < -0.4 is 16.2 Å². The van der Waals surface area contributed by atoms with Crippen LogP contribution in [0, 0.1) is 0 Å². The summed E-state index contributed by atoms with van der Waals surface area (Å²) in [5.41, 5.74) is 2.59. The lowest BCUT2D eigenvalue weighted by atomic mass is 10.1. The number of benzene rings is 2. The second kappa shape index (κ2) is 10.7. The molecule has 0 aliphatic rings. The van der Waals surface area contributed by atoms with Gasteiger partial charge in [-0.05, 0) is 25.0 Å². The molecule has 0 aliphatic heterocycles. The van der Waals surface area contributed by atoms with E-state index in [1.807, 2.05) is 66.0 Å². The maximum atomic E-state index is 13.8. The maximum absolute atomic E-state index is 13.8. The number of amides is 3. The number of thioether (sulfide) groups is 1. The van der Waals surface area contributed by atoms with Crippen molar-refractivity contribution in [3.05, 3.63) is 82.0 Å². The zero-order valence-corrected chi connectivity index (χ0v) is 20.4. The van der Waals surface area contributed by atoms with Gasteiger partial charge in [0.25, 0.3) is 5.56 Å². The fourth-order valence-corrected chi connectivity index (χ4v) is 5.36. The summed E-state index contributed by atoms with van der Waals surface area (Å²) in [5, 5.41) is 7.17. The van der Waals surface area contributed by atoms with Crippen LogP contribution in [-0.4, -0.2) is 33.3 Å². The molecule has 2 aromatic heterocycles. The van der Waals surface area contributed by atoms with Crippen LogP contribution in [0.3, 0.4) is 0 Å². The highest BCUT2D eigenvalue weighted by molar-refractivity contribution is 8.00. The predicted molar refractivity (Wildman–Crippen MR) is 137 cm³/mol. The predicted octanol–water partition coefficient (Wildman–Crippen LogP) is 4.50. The lowest BCUT2D eigenvalue weighted by Gasteiger charge is -2.16. The Kier molecular flexibility index (Phi) is 7.44. The maximum Gasteiger partial charge on any atom is 0.321 e. The topological polar surface area (TPSA) is 93.1 Å². The molecule has 1 atom stereocenters. The summed E-state index contributed by atoms with van der Waals surface area (Å²) >= 11 is 2.56. The van der Waals surface area contributed by atoms with Crippen molar-refractivity contribution in [2.45, 2.75) is 30.8 Å². The molecule has 0 aliphatic carbocycles. The Morgan fingerprint density at radius 1 is 1.09 bits per heavy atom. The number of fused-ring (bicyclic) bond motifs is 1. The van der Waals surface area contributed by atoms with E-state index in [1.165, 1.54) is 11.3 Å². The lowest BCUT2D eigenvalue weighted by Crippen LogP contribution is -2.42. The van der Waals surface area contributed by atoms with E-state index in [2.05, 4.69) is 10.6 Å². The van der Waals surface area contributed by atoms with Crippen LogP contribution in [0.2, 0.25) is 0 Å². The molecule has 0 saturated heterocycles. The van der Waals surface area contributed by atoms with Crippen LogP contribution in [0.5, 0.6) is 0 Å². The summed E-state index contributed by atoms with van der Waals surface area (Å²) in [5.74, 6) is -0.451. The van der Waals surface area contributed by atoms with Crippen LogP contribution in [0.15, 0.2) is 76.0 Å². The van der Waals surface area contributed by atoms with Crippen molar-refractivity contribution in [1.82, 2.24) is 20.2 Å². The van der Waals surface area contributed by atoms with Gasteiger partial charge in [-0.3, -0.25) is 19.5 Å². The van der Waals surface area contributed by atoms with Gasteiger partial charge in [0.05, 0.1) is 17.2 Å². The Hall–Kier alpha value is -3.43. The third kappa shape index (κ3) is 5.21. The molecule has 4 aromatic rings. The molecule has 2 aromatic carbocycles. The Morgan fingerprint density at radius 2 is 1.76 bits per heavy atom. The van der Waals surface area contributed by atoms with E-state index >= 15 is 0 Å². The summed E-state index contributed by atoms with van der Waals surface area (Å²) in [6.45, 7) is 4.19. The number of nitrogens with one attached hydrogen (secondary N) is 2. The molecular weight excluding hydrogens is 468 g/mol. The van der Waals surface area contributed by atoms with E-state index in [-0.39, 0.29) is 5.56 Å². The minimum Gasteiger partial charge on any atom is -0.338 e. The normalized spacial score (nSPS) is 11.8. The zero-order chi connectivity index (χ0) is 24.1. The Balaban J connectivity index is 1.76. The summed E-state index contributed by atoms with van der Waals surface area (Å²) in [6, 6.07) is 18.9. The van der Waals surface area contributed by atoms with Crippen molar-refractivity contribution < 1.29 is 9.59 Å². The van der Waals surface area contributed by atoms with Gasteiger partial charge in [0.15, 0.2) is 5.16 Å². The van der Waals surface area contributed by atoms with Crippen molar-refractivity contribution in [3.63, 3.8) is 0 Å². The molecular formula is C25H24N4O3S2. The lowest BCUT2D eigenvalue weighted by molar-refractivity contribution is -0.119. The number of carbonyl (C=O) groups is 2. The summed E-state index contributed by atoms with van der Waals surface area (Å²) < 4.78 is 1.61. The number of hydrogen-bond donors (Lipinski definition) is 2. The number of carbonyl (C=O) groups excluding carboxylic acids is 2. The van der Waals surface area contributed by atoms with Gasteiger partial charge >= 0.3 is 6.03 Å². The molecule has 0 saturated carbocycles. The van der Waals surface area contributed by atoms with E-state index in [1.54, 1.807) is 18.4 Å². The van der Waals surface area contributed by atoms with E-state index in [0.717, 1.165) is 28.5 Å². The molecule has 0 radical (unpaired) electrons. The van der Waals surface area contributed by atoms with Gasteiger partial charge in [-0.25, -0.2) is 9.78 Å². The number of thiophene rings is 1. The third-order valence-corrected chi connectivity index (χ3v) is 7.11. The molecule has 0 fully saturated rings. The molecule has 2 N–H and O–H groups in total. The van der Waals surface area contributed by atoms with E-state index in [9.17, 15) is 14.4 Å². The minimum atomic E-state index is -0.637. The number of imide groups is 1. The first kappa shape index (κ1) is 23.7. The first-order chi connectivity index (χ1) is 16.5. The summed E-state index contributed by atoms with van der Waals surface area (Å²) in [4.78, 5) is 43.5. The average Bonchev–Trinajstić information content (AvgIpc) is 3.27. The molecule has 174 valence electrons. The van der Waals surface area contributed by atoms with Crippen molar-refractivity contribution in [1.29, 1.82) is 0 Å². The fourth-order valence-electron chi connectivity index (χ4n) is 3.46. The Bertz CT molecular complexity index is 1370. The molecule has 0 unspecified atom stereocenters. The largest absolute Gasteiger partial charge is 0.338 e. The first-order valence-electron chi connectivity index (χ1n) is 10.8. The minimum absolute atomic E-state index is 0.159. The Labute approximate surface area is 205 Å². The molecule has 3 amide bonds. The number of urea groups is 1. The van der Waals surface area contributed by atoms with Crippen LogP contribution in [0.4, 0.5) is 4.79 Å². The molecule has 34 heavy (non-hydrogen) atoms. The molecule has 7 nitrogen and oxygen atoms in total. The van der Waals surface area contributed by atoms with Gasteiger partial charge in [0, 0.05) is 17.5 Å². The van der Waals surface area contributed by atoms with Crippen LogP contribution in [0.1, 0.15) is 19.4 Å². The SMILES string of the molecule is CCNC(=O)NC(=O)[C@@H](C)Sc1nc2scc(-c3ccccc3)c2c(=O)n1Cc1ccccc1.